The number of likely N-dealkylation sites (N-methyl/N-ethyl adjacent to an activating group) is 1. The average molecular weight is 407 g/mol. The number of H-pyrrole nitrogens is 1. The molecule has 2 aliphatic rings. The van der Waals surface area contributed by atoms with E-state index in [0.717, 1.165) is 35.9 Å². The summed E-state index contributed by atoms with van der Waals surface area (Å²) in [7, 11) is 1.71. The maximum atomic E-state index is 13.1. The van der Waals surface area contributed by atoms with Gasteiger partial charge in [-0.1, -0.05) is 18.2 Å². The van der Waals surface area contributed by atoms with Gasteiger partial charge in [-0.15, -0.1) is 0 Å². The molecule has 5 rings (SSSR count). The number of fused-ring (bicyclic) bond motifs is 2. The molecule has 0 unspecified atom stereocenters. The fraction of sp³-hybridized carbons (Fsp3) is 0.409. The van der Waals surface area contributed by atoms with Gasteiger partial charge in [-0.3, -0.25) is 14.3 Å². The summed E-state index contributed by atoms with van der Waals surface area (Å²) in [6, 6.07) is 9.65. The van der Waals surface area contributed by atoms with Gasteiger partial charge in [0.1, 0.15) is 5.69 Å². The van der Waals surface area contributed by atoms with E-state index in [1.54, 1.807) is 27.7 Å². The van der Waals surface area contributed by atoms with Gasteiger partial charge in [0.05, 0.1) is 36.1 Å². The highest BCUT2D eigenvalue weighted by Crippen LogP contribution is 2.32. The third-order valence-electron chi connectivity index (χ3n) is 6.31. The minimum absolute atomic E-state index is 0.0887. The number of carbonyl (C=O) groups excluding carboxylic acids is 2. The van der Waals surface area contributed by atoms with Crippen molar-refractivity contribution in [2.45, 2.75) is 38.0 Å². The first-order chi connectivity index (χ1) is 14.4. The molecule has 30 heavy (non-hydrogen) atoms. The van der Waals surface area contributed by atoms with Gasteiger partial charge in [-0.05, 0) is 31.4 Å². The third-order valence-corrected chi connectivity index (χ3v) is 6.31. The van der Waals surface area contributed by atoms with Crippen molar-refractivity contribution >= 4 is 22.7 Å². The van der Waals surface area contributed by atoms with Crippen molar-refractivity contribution in [3.05, 3.63) is 53.5 Å². The highest BCUT2D eigenvalue weighted by atomic mass is 16.3. The van der Waals surface area contributed by atoms with Gasteiger partial charge >= 0.3 is 0 Å². The largest absolute Gasteiger partial charge is 0.388 e. The number of aliphatic hydroxyl groups is 1. The molecule has 2 amide bonds. The summed E-state index contributed by atoms with van der Waals surface area (Å²) in [5.41, 5.74) is 1.93. The quantitative estimate of drug-likeness (QED) is 0.692. The lowest BCUT2D eigenvalue weighted by atomic mass is 9.80. The van der Waals surface area contributed by atoms with E-state index in [4.69, 9.17) is 0 Å². The van der Waals surface area contributed by atoms with Crippen LogP contribution in [-0.4, -0.2) is 67.2 Å². The highest BCUT2D eigenvalue weighted by molar-refractivity contribution is 5.98. The van der Waals surface area contributed by atoms with E-state index in [2.05, 4.69) is 10.1 Å². The zero-order chi connectivity index (χ0) is 20.9. The van der Waals surface area contributed by atoms with E-state index in [9.17, 15) is 14.7 Å². The van der Waals surface area contributed by atoms with Gasteiger partial charge in [0.2, 0.25) is 0 Å². The Bertz CT molecular complexity index is 1090. The van der Waals surface area contributed by atoms with Crippen LogP contribution in [0.2, 0.25) is 0 Å². The van der Waals surface area contributed by atoms with Crippen molar-refractivity contribution in [1.29, 1.82) is 0 Å². The van der Waals surface area contributed by atoms with Gasteiger partial charge in [0.15, 0.2) is 0 Å². The Kier molecular flexibility index (Phi) is 4.39. The summed E-state index contributed by atoms with van der Waals surface area (Å²) in [6.07, 6.45) is 4.02. The fourth-order valence-electron chi connectivity index (χ4n) is 4.42. The summed E-state index contributed by atoms with van der Waals surface area (Å²) in [5.74, 6) is -0.259. The summed E-state index contributed by atoms with van der Waals surface area (Å²) in [6.45, 7) is 1.72. The predicted molar refractivity (Wildman–Crippen MR) is 111 cm³/mol. The molecule has 2 aromatic heterocycles. The molecule has 1 aromatic carbocycles. The number of para-hydroxylation sites is 1. The lowest BCUT2D eigenvalue weighted by Crippen LogP contribution is -2.48. The maximum Gasteiger partial charge on any atom is 0.270 e. The molecule has 1 aliphatic carbocycles. The molecule has 1 fully saturated rings. The van der Waals surface area contributed by atoms with Gasteiger partial charge < -0.3 is 19.9 Å². The van der Waals surface area contributed by atoms with E-state index >= 15 is 0 Å². The van der Waals surface area contributed by atoms with Gasteiger partial charge in [-0.2, -0.15) is 5.10 Å². The van der Waals surface area contributed by atoms with E-state index in [1.165, 1.54) is 0 Å². The van der Waals surface area contributed by atoms with Gasteiger partial charge in [0.25, 0.3) is 11.8 Å². The lowest BCUT2D eigenvalue weighted by molar-refractivity contribution is -0.0499. The van der Waals surface area contributed by atoms with E-state index in [-0.39, 0.29) is 11.8 Å². The number of nitrogens with zero attached hydrogens (tertiary/aromatic N) is 4. The van der Waals surface area contributed by atoms with Crippen LogP contribution in [0.25, 0.3) is 10.9 Å². The molecule has 0 saturated heterocycles. The molecule has 1 saturated carbocycles. The number of amides is 2. The molecule has 0 radical (unpaired) electrons. The molecule has 8 nitrogen and oxygen atoms in total. The smallest absolute Gasteiger partial charge is 0.270 e. The maximum absolute atomic E-state index is 13.1. The monoisotopic (exact) mass is 407 g/mol. The number of rotatable bonds is 4. The number of benzene rings is 1. The zero-order valence-electron chi connectivity index (χ0n) is 17.0. The van der Waals surface area contributed by atoms with Crippen molar-refractivity contribution < 1.29 is 14.7 Å². The second-order valence-electron chi connectivity index (χ2n) is 8.46. The van der Waals surface area contributed by atoms with Crippen molar-refractivity contribution in [2.24, 2.45) is 0 Å². The summed E-state index contributed by atoms with van der Waals surface area (Å²) in [5, 5.41) is 15.7. The van der Waals surface area contributed by atoms with Gasteiger partial charge in [0, 0.05) is 31.0 Å². The van der Waals surface area contributed by atoms with Crippen molar-refractivity contribution in [2.75, 3.05) is 20.1 Å². The van der Waals surface area contributed by atoms with E-state index < -0.39 is 5.60 Å². The van der Waals surface area contributed by atoms with Crippen molar-refractivity contribution in [3.63, 3.8) is 0 Å². The van der Waals surface area contributed by atoms with Crippen LogP contribution >= 0.6 is 0 Å². The van der Waals surface area contributed by atoms with Crippen LogP contribution in [0.1, 0.15) is 45.8 Å². The van der Waals surface area contributed by atoms with Crippen LogP contribution in [0.15, 0.2) is 36.5 Å². The highest BCUT2D eigenvalue weighted by Gasteiger charge is 2.37. The second kappa shape index (κ2) is 6.98. The molecule has 156 valence electrons. The van der Waals surface area contributed by atoms with E-state index in [1.807, 2.05) is 30.3 Å². The van der Waals surface area contributed by atoms with Crippen molar-refractivity contribution in [3.8, 4) is 0 Å². The number of aromatic amines is 1. The molecule has 3 heterocycles. The van der Waals surface area contributed by atoms with Crippen molar-refractivity contribution in [1.82, 2.24) is 24.6 Å². The first-order valence-corrected chi connectivity index (χ1v) is 10.3. The van der Waals surface area contributed by atoms with Crippen LogP contribution in [0.5, 0.6) is 0 Å². The lowest BCUT2D eigenvalue weighted by Gasteiger charge is -2.39. The van der Waals surface area contributed by atoms with Crippen LogP contribution in [-0.2, 0) is 13.1 Å². The molecule has 0 bridgehead atoms. The standard InChI is InChI=1S/C22H25N5O3/c1-25(14-22(30)7-4-8-22)20(28)16-12-23-27-10-9-26(13-19(16)27)21(29)18-11-15-5-2-3-6-17(15)24-18/h2-3,5-6,11-12,24,30H,4,7-10,13-14H2,1H3. The topological polar surface area (TPSA) is 94.5 Å². The molecule has 2 N–H and O–H groups in total. The average Bonchev–Trinajstić information content (AvgIpc) is 3.35. The fourth-order valence-corrected chi connectivity index (χ4v) is 4.42. The molecule has 0 atom stereocenters. The Hall–Kier alpha value is -3.13. The third kappa shape index (κ3) is 3.17. The normalized spacial score (nSPS) is 17.5. The minimum Gasteiger partial charge on any atom is -0.388 e. The molecular weight excluding hydrogens is 382 g/mol. The number of aromatic nitrogens is 3. The number of carbonyl (C=O) groups is 2. The zero-order valence-corrected chi connectivity index (χ0v) is 17.0. The van der Waals surface area contributed by atoms with Crippen LogP contribution in [0.4, 0.5) is 0 Å². The molecular formula is C22H25N5O3. The summed E-state index contributed by atoms with van der Waals surface area (Å²) < 4.78 is 1.80. The summed E-state index contributed by atoms with van der Waals surface area (Å²) >= 11 is 0. The molecule has 3 aromatic rings. The Morgan fingerprint density at radius 2 is 2.07 bits per heavy atom. The Morgan fingerprint density at radius 3 is 2.80 bits per heavy atom. The second-order valence-corrected chi connectivity index (χ2v) is 8.46. The van der Waals surface area contributed by atoms with Crippen LogP contribution < -0.4 is 0 Å². The number of hydrogen-bond acceptors (Lipinski definition) is 4. The van der Waals surface area contributed by atoms with Crippen LogP contribution in [0, 0.1) is 0 Å². The predicted octanol–water partition coefficient (Wildman–Crippen LogP) is 2.01. The Morgan fingerprint density at radius 1 is 1.27 bits per heavy atom. The molecule has 0 spiro atoms. The SMILES string of the molecule is CN(CC1(O)CCC1)C(=O)c1cnn2c1CN(C(=O)c1cc3ccccc3[nH]1)CC2. The number of nitrogens with one attached hydrogen (secondary N) is 1. The first kappa shape index (κ1) is 18.9. The molecule has 1 aliphatic heterocycles. The van der Waals surface area contributed by atoms with Gasteiger partial charge in [-0.25, -0.2) is 0 Å². The number of hydrogen-bond donors (Lipinski definition) is 2. The Labute approximate surface area is 174 Å². The van der Waals surface area contributed by atoms with E-state index in [0.29, 0.717) is 37.4 Å². The first-order valence-electron chi connectivity index (χ1n) is 10.3. The molecule has 8 heteroatoms. The minimum atomic E-state index is -0.769. The summed E-state index contributed by atoms with van der Waals surface area (Å²) in [4.78, 5) is 32.6. The van der Waals surface area contributed by atoms with Crippen LogP contribution in [0.3, 0.4) is 0 Å². The Balaban J connectivity index is 1.35.